The van der Waals surface area contributed by atoms with E-state index in [2.05, 4.69) is 69.3 Å². The van der Waals surface area contributed by atoms with Gasteiger partial charge in [0.15, 0.2) is 11.3 Å². The van der Waals surface area contributed by atoms with Gasteiger partial charge in [-0.15, -0.1) is 0 Å². The van der Waals surface area contributed by atoms with Crippen LogP contribution in [0.2, 0.25) is 5.04 Å². The number of hydrogen-bond donors (Lipinski definition) is 1. The molecule has 0 amide bonds. The Hall–Kier alpha value is -3.39. The van der Waals surface area contributed by atoms with Gasteiger partial charge in [-0.3, -0.25) is 4.79 Å². The molecule has 222 valence electrons. The molecule has 0 bridgehead atoms. The maximum absolute atomic E-state index is 12.3. The van der Waals surface area contributed by atoms with Gasteiger partial charge in [-0.2, -0.15) is 0 Å². The molecular formula is C35H42O6Si. The van der Waals surface area contributed by atoms with Gasteiger partial charge in [0, 0.05) is 5.39 Å². The molecule has 1 aliphatic carbocycles. The van der Waals surface area contributed by atoms with Gasteiger partial charge < -0.3 is 23.4 Å². The summed E-state index contributed by atoms with van der Waals surface area (Å²) in [6, 6.07) is 26.8. The summed E-state index contributed by atoms with van der Waals surface area (Å²) in [5, 5.41) is 14.9. The van der Waals surface area contributed by atoms with E-state index in [0.717, 1.165) is 10.9 Å². The second-order valence-electron chi connectivity index (χ2n) is 12.3. The molecule has 1 heterocycles. The molecule has 42 heavy (non-hydrogen) atoms. The van der Waals surface area contributed by atoms with Crippen molar-refractivity contribution in [2.24, 2.45) is 5.92 Å². The van der Waals surface area contributed by atoms with Crippen LogP contribution in [-0.2, 0) is 26.2 Å². The SMILES string of the molecule is CCOC(=O)C1CCC(O)(c2ccc(OC)c3oc(CO[Si](c4ccccc4)(c4ccccc4)C(C)(C)C)cc23)CC1. The van der Waals surface area contributed by atoms with Crippen molar-refractivity contribution < 1.29 is 28.2 Å². The lowest BCUT2D eigenvalue weighted by atomic mass is 9.74. The predicted molar refractivity (Wildman–Crippen MR) is 168 cm³/mol. The largest absolute Gasteiger partial charge is 0.493 e. The number of benzene rings is 3. The number of esters is 1. The molecule has 0 unspecified atom stereocenters. The van der Waals surface area contributed by atoms with Gasteiger partial charge in [0.05, 0.1) is 31.8 Å². The number of hydrogen-bond acceptors (Lipinski definition) is 6. The summed E-state index contributed by atoms with van der Waals surface area (Å²) in [6.45, 7) is 9.21. The molecule has 0 saturated heterocycles. The lowest BCUT2D eigenvalue weighted by molar-refractivity contribution is -0.151. The van der Waals surface area contributed by atoms with Crippen LogP contribution >= 0.6 is 0 Å². The number of fused-ring (bicyclic) bond motifs is 1. The fraction of sp³-hybridized carbons (Fsp3) is 0.400. The summed E-state index contributed by atoms with van der Waals surface area (Å²) in [6.07, 6.45) is 2.09. The van der Waals surface area contributed by atoms with Gasteiger partial charge in [-0.25, -0.2) is 0 Å². The molecule has 1 saturated carbocycles. The number of rotatable bonds is 9. The molecule has 5 rings (SSSR count). The Morgan fingerprint density at radius 2 is 1.57 bits per heavy atom. The van der Waals surface area contributed by atoms with Crippen LogP contribution in [-0.4, -0.2) is 33.1 Å². The summed E-state index contributed by atoms with van der Waals surface area (Å²) < 4.78 is 24.4. The summed E-state index contributed by atoms with van der Waals surface area (Å²) >= 11 is 0. The molecule has 0 aliphatic heterocycles. The van der Waals surface area contributed by atoms with Crippen molar-refractivity contribution in [1.29, 1.82) is 0 Å². The van der Waals surface area contributed by atoms with Crippen LogP contribution in [0.15, 0.2) is 83.3 Å². The van der Waals surface area contributed by atoms with Crippen LogP contribution in [0, 0.1) is 5.92 Å². The lowest BCUT2D eigenvalue weighted by Crippen LogP contribution is -2.66. The van der Waals surface area contributed by atoms with Gasteiger partial charge in [0.25, 0.3) is 8.32 Å². The average Bonchev–Trinajstić information content (AvgIpc) is 3.42. The number of carbonyl (C=O) groups is 1. The molecular weight excluding hydrogens is 544 g/mol. The molecule has 1 N–H and O–H groups in total. The standard InChI is InChI=1S/C35H42O6Si/c1-6-39-33(36)25-19-21-35(37,22-20-25)30-17-18-31(38-5)32-29(30)23-26(41-32)24-40-42(34(2,3)4,27-13-9-7-10-14-27)28-15-11-8-12-16-28/h7-18,23,25,37H,6,19-22,24H2,1-5H3. The molecule has 1 aliphatic rings. The lowest BCUT2D eigenvalue weighted by Gasteiger charge is -2.42. The molecule has 6 nitrogen and oxygen atoms in total. The predicted octanol–water partition coefficient (Wildman–Crippen LogP) is 6.46. The van der Waals surface area contributed by atoms with Crippen molar-refractivity contribution in [3.05, 3.63) is 90.2 Å². The van der Waals surface area contributed by atoms with E-state index in [1.165, 1.54) is 10.4 Å². The maximum Gasteiger partial charge on any atom is 0.308 e. The van der Waals surface area contributed by atoms with Crippen molar-refractivity contribution in [2.45, 2.75) is 70.6 Å². The summed E-state index contributed by atoms with van der Waals surface area (Å²) in [5.74, 6) is 0.922. The highest BCUT2D eigenvalue weighted by molar-refractivity contribution is 6.99. The minimum Gasteiger partial charge on any atom is -0.493 e. The van der Waals surface area contributed by atoms with Crippen LogP contribution < -0.4 is 15.1 Å². The average molecular weight is 587 g/mol. The second kappa shape index (κ2) is 12.1. The minimum atomic E-state index is -2.77. The smallest absolute Gasteiger partial charge is 0.308 e. The van der Waals surface area contributed by atoms with E-state index in [1.807, 2.05) is 37.3 Å². The topological polar surface area (TPSA) is 78.1 Å². The van der Waals surface area contributed by atoms with Crippen molar-refractivity contribution in [1.82, 2.24) is 0 Å². The monoisotopic (exact) mass is 586 g/mol. The molecule has 0 spiro atoms. The highest BCUT2D eigenvalue weighted by atomic mass is 28.4. The van der Waals surface area contributed by atoms with Crippen molar-refractivity contribution in [2.75, 3.05) is 13.7 Å². The Bertz CT molecular complexity index is 1460. The van der Waals surface area contributed by atoms with Crippen molar-refractivity contribution in [3.8, 4) is 5.75 Å². The third-order valence-electron chi connectivity index (χ3n) is 8.70. The fourth-order valence-corrected chi connectivity index (χ4v) is 11.1. The van der Waals surface area contributed by atoms with E-state index in [0.29, 0.717) is 49.4 Å². The Kier molecular flexibility index (Phi) is 8.65. The first-order valence-corrected chi connectivity index (χ1v) is 16.8. The highest BCUT2D eigenvalue weighted by Gasteiger charge is 2.50. The van der Waals surface area contributed by atoms with Crippen LogP contribution in [0.5, 0.6) is 5.75 Å². The highest BCUT2D eigenvalue weighted by Crippen LogP contribution is 2.45. The molecule has 3 aromatic carbocycles. The Morgan fingerprint density at radius 1 is 0.976 bits per heavy atom. The second-order valence-corrected chi connectivity index (χ2v) is 16.6. The number of carbonyl (C=O) groups excluding carboxylic acids is 1. The molecule has 1 aromatic heterocycles. The molecule has 0 radical (unpaired) electrons. The first kappa shape index (κ1) is 30.1. The van der Waals surface area contributed by atoms with Gasteiger partial charge >= 0.3 is 5.97 Å². The Morgan fingerprint density at radius 3 is 2.10 bits per heavy atom. The molecule has 4 aromatic rings. The Labute approximate surface area is 249 Å². The first-order valence-electron chi connectivity index (χ1n) is 14.9. The number of furan rings is 1. The minimum absolute atomic E-state index is 0.169. The Balaban J connectivity index is 1.51. The first-order chi connectivity index (χ1) is 20.1. The van der Waals surface area contributed by atoms with Gasteiger partial charge in [0.1, 0.15) is 5.76 Å². The third-order valence-corrected chi connectivity index (χ3v) is 13.7. The van der Waals surface area contributed by atoms with Crippen LogP contribution in [0.25, 0.3) is 11.0 Å². The zero-order valence-corrected chi connectivity index (χ0v) is 26.3. The summed E-state index contributed by atoms with van der Waals surface area (Å²) in [7, 11) is -1.15. The van der Waals surface area contributed by atoms with Crippen LogP contribution in [0.4, 0.5) is 0 Å². The summed E-state index contributed by atoms with van der Waals surface area (Å²) in [4.78, 5) is 12.3. The van der Waals surface area contributed by atoms with E-state index >= 15 is 0 Å². The quantitative estimate of drug-likeness (QED) is 0.179. The number of ether oxygens (including phenoxy) is 2. The van der Waals surface area contributed by atoms with E-state index in [1.54, 1.807) is 7.11 Å². The van der Waals surface area contributed by atoms with Crippen molar-refractivity contribution >= 4 is 35.6 Å². The van der Waals surface area contributed by atoms with Crippen molar-refractivity contribution in [3.63, 3.8) is 0 Å². The van der Waals surface area contributed by atoms with E-state index in [-0.39, 0.29) is 23.5 Å². The molecule has 1 fully saturated rings. The maximum atomic E-state index is 12.3. The van der Waals surface area contributed by atoms with E-state index < -0.39 is 13.9 Å². The van der Waals surface area contributed by atoms with Gasteiger partial charge in [0.2, 0.25) is 0 Å². The zero-order valence-electron chi connectivity index (χ0n) is 25.3. The normalized spacial score (nSPS) is 19.5. The number of aliphatic hydroxyl groups is 1. The third kappa shape index (κ3) is 5.53. The van der Waals surface area contributed by atoms with Crippen LogP contribution in [0.1, 0.15) is 64.7 Å². The fourth-order valence-electron chi connectivity index (χ4n) is 6.59. The van der Waals surface area contributed by atoms with E-state index in [4.69, 9.17) is 18.3 Å². The molecule has 0 atom stereocenters. The van der Waals surface area contributed by atoms with Gasteiger partial charge in [-0.1, -0.05) is 87.5 Å². The van der Waals surface area contributed by atoms with Gasteiger partial charge in [-0.05, 0) is 65.7 Å². The zero-order chi connectivity index (χ0) is 30.0. The molecule has 7 heteroatoms. The van der Waals surface area contributed by atoms with E-state index in [9.17, 15) is 9.90 Å². The summed E-state index contributed by atoms with van der Waals surface area (Å²) in [5.41, 5.74) is 0.311. The number of methoxy groups -OCH3 is 1. The van der Waals surface area contributed by atoms with Crippen LogP contribution in [0.3, 0.4) is 0 Å².